The van der Waals surface area contributed by atoms with E-state index < -0.39 is 20.6 Å². The van der Waals surface area contributed by atoms with Crippen LogP contribution in [0.5, 0.6) is 11.5 Å². The Morgan fingerprint density at radius 2 is 1.69 bits per heavy atom. The minimum absolute atomic E-state index is 0.0527. The Morgan fingerprint density at radius 3 is 2.47 bits per heavy atom. The molecular formula is C22H18N2O7S. The van der Waals surface area contributed by atoms with Crippen LogP contribution in [0, 0.1) is 10.1 Å². The van der Waals surface area contributed by atoms with Crippen molar-refractivity contribution in [1.82, 2.24) is 4.31 Å². The molecule has 0 aliphatic carbocycles. The zero-order chi connectivity index (χ0) is 22.3. The number of fused-ring (bicyclic) bond motifs is 3. The predicted molar refractivity (Wildman–Crippen MR) is 116 cm³/mol. The summed E-state index contributed by atoms with van der Waals surface area (Å²) in [5.74, 6) is 0.319. The molecular weight excluding hydrogens is 436 g/mol. The molecule has 1 saturated heterocycles. The minimum atomic E-state index is -3.87. The third-order valence-corrected chi connectivity index (χ3v) is 7.21. The van der Waals surface area contributed by atoms with Crippen LogP contribution in [0.2, 0.25) is 0 Å². The molecule has 1 aliphatic heterocycles. The van der Waals surface area contributed by atoms with Crippen molar-refractivity contribution in [3.05, 3.63) is 70.8 Å². The van der Waals surface area contributed by atoms with Crippen molar-refractivity contribution < 1.29 is 27.2 Å². The first-order valence-corrected chi connectivity index (χ1v) is 11.3. The van der Waals surface area contributed by atoms with Crippen molar-refractivity contribution in [2.75, 3.05) is 26.3 Å². The van der Waals surface area contributed by atoms with Gasteiger partial charge in [0.25, 0.3) is 0 Å². The van der Waals surface area contributed by atoms with Crippen molar-refractivity contribution in [2.24, 2.45) is 0 Å². The molecule has 0 N–H and O–H groups in total. The van der Waals surface area contributed by atoms with Gasteiger partial charge < -0.3 is 13.9 Å². The van der Waals surface area contributed by atoms with Gasteiger partial charge in [-0.2, -0.15) is 4.31 Å². The van der Waals surface area contributed by atoms with E-state index in [9.17, 15) is 18.5 Å². The Balaban J connectivity index is 1.51. The molecule has 4 aromatic rings. The number of morpholine rings is 1. The molecule has 3 aromatic carbocycles. The second-order valence-electron chi connectivity index (χ2n) is 7.26. The van der Waals surface area contributed by atoms with Gasteiger partial charge in [0.15, 0.2) is 0 Å². The van der Waals surface area contributed by atoms with Gasteiger partial charge in [-0.3, -0.25) is 10.1 Å². The number of nitro benzene ring substituents is 1. The highest BCUT2D eigenvalue weighted by atomic mass is 32.2. The molecule has 1 fully saturated rings. The second-order valence-corrected chi connectivity index (χ2v) is 9.20. The maximum atomic E-state index is 12.9. The molecule has 0 atom stereocenters. The van der Waals surface area contributed by atoms with E-state index in [0.717, 1.165) is 22.4 Å². The lowest BCUT2D eigenvalue weighted by atomic mass is 10.1. The first kappa shape index (κ1) is 20.4. The fourth-order valence-electron chi connectivity index (χ4n) is 3.72. The smallest absolute Gasteiger partial charge is 0.312 e. The third-order valence-electron chi connectivity index (χ3n) is 5.31. The van der Waals surface area contributed by atoms with E-state index in [2.05, 4.69) is 0 Å². The Kier molecular flexibility index (Phi) is 5.04. The summed E-state index contributed by atoms with van der Waals surface area (Å²) in [6, 6.07) is 16.3. The fourth-order valence-corrected chi connectivity index (χ4v) is 5.15. The maximum absolute atomic E-state index is 12.9. The quantitative estimate of drug-likeness (QED) is 0.326. The molecule has 0 bridgehead atoms. The molecule has 2 heterocycles. The van der Waals surface area contributed by atoms with E-state index in [4.69, 9.17) is 13.9 Å². The molecule has 5 rings (SSSR count). The number of hydrogen-bond donors (Lipinski definition) is 0. The molecule has 32 heavy (non-hydrogen) atoms. The van der Waals surface area contributed by atoms with Crippen molar-refractivity contribution >= 4 is 37.6 Å². The standard InChI is InChI=1S/C22H18N2O7S/c25-24(26)19-14-16(32(27,28)23-9-11-29-12-10-23)6-8-22(19)30-15-5-7-21-18(13-15)17-3-1-2-4-20(17)31-21/h1-8,13-14H,9-12H2. The monoisotopic (exact) mass is 454 g/mol. The highest BCUT2D eigenvalue weighted by Crippen LogP contribution is 2.37. The van der Waals surface area contributed by atoms with Crippen LogP contribution in [0.3, 0.4) is 0 Å². The first-order chi connectivity index (χ1) is 15.4. The molecule has 0 amide bonds. The average molecular weight is 454 g/mol. The number of para-hydroxylation sites is 1. The lowest BCUT2D eigenvalue weighted by Crippen LogP contribution is -2.40. The summed E-state index contributed by atoms with van der Waals surface area (Å²) >= 11 is 0. The number of nitro groups is 1. The van der Waals surface area contributed by atoms with Crippen LogP contribution in [0.15, 0.2) is 70.0 Å². The number of sulfonamides is 1. The van der Waals surface area contributed by atoms with Crippen LogP contribution in [0.1, 0.15) is 0 Å². The Labute approximate surface area is 183 Å². The van der Waals surface area contributed by atoms with E-state index in [1.807, 2.05) is 24.3 Å². The number of benzene rings is 3. The van der Waals surface area contributed by atoms with Crippen LogP contribution in [-0.4, -0.2) is 43.9 Å². The third kappa shape index (κ3) is 3.58. The van der Waals surface area contributed by atoms with Gasteiger partial charge >= 0.3 is 5.69 Å². The van der Waals surface area contributed by atoms with Crippen molar-refractivity contribution in [2.45, 2.75) is 4.90 Å². The lowest BCUT2D eigenvalue weighted by Gasteiger charge is -2.26. The van der Waals surface area contributed by atoms with Gasteiger partial charge in [-0.25, -0.2) is 8.42 Å². The highest BCUT2D eigenvalue weighted by Gasteiger charge is 2.29. The normalized spacial score (nSPS) is 15.2. The van der Waals surface area contributed by atoms with Crippen LogP contribution in [0.4, 0.5) is 5.69 Å². The van der Waals surface area contributed by atoms with Crippen LogP contribution >= 0.6 is 0 Å². The van der Waals surface area contributed by atoms with Gasteiger partial charge in [-0.15, -0.1) is 0 Å². The zero-order valence-corrected chi connectivity index (χ0v) is 17.6. The summed E-state index contributed by atoms with van der Waals surface area (Å²) in [5.41, 5.74) is 0.958. The Morgan fingerprint density at radius 1 is 0.938 bits per heavy atom. The minimum Gasteiger partial charge on any atom is -0.456 e. The molecule has 10 heteroatoms. The van der Waals surface area contributed by atoms with Crippen LogP contribution < -0.4 is 4.74 Å². The number of nitrogens with zero attached hydrogens (tertiary/aromatic N) is 2. The summed E-state index contributed by atoms with van der Waals surface area (Å²) in [7, 11) is -3.87. The van der Waals surface area contributed by atoms with E-state index in [-0.39, 0.29) is 36.9 Å². The van der Waals surface area contributed by atoms with E-state index in [1.54, 1.807) is 18.2 Å². The molecule has 1 aromatic heterocycles. The van der Waals surface area contributed by atoms with Gasteiger partial charge in [-0.1, -0.05) is 18.2 Å². The summed E-state index contributed by atoms with van der Waals surface area (Å²) in [4.78, 5) is 10.9. The van der Waals surface area contributed by atoms with E-state index in [0.29, 0.717) is 11.3 Å². The molecule has 0 radical (unpaired) electrons. The van der Waals surface area contributed by atoms with Gasteiger partial charge in [-0.05, 0) is 36.4 Å². The van der Waals surface area contributed by atoms with Gasteiger partial charge in [0.05, 0.1) is 23.0 Å². The topological polar surface area (TPSA) is 112 Å². The average Bonchev–Trinajstić information content (AvgIpc) is 3.18. The van der Waals surface area contributed by atoms with Crippen LogP contribution in [-0.2, 0) is 14.8 Å². The van der Waals surface area contributed by atoms with Crippen molar-refractivity contribution in [1.29, 1.82) is 0 Å². The summed E-state index contributed by atoms with van der Waals surface area (Å²) in [5, 5.41) is 13.4. The number of rotatable bonds is 5. The molecule has 1 aliphatic rings. The van der Waals surface area contributed by atoms with E-state index >= 15 is 0 Å². The second kappa shape index (κ2) is 7.90. The van der Waals surface area contributed by atoms with Crippen molar-refractivity contribution in [3.63, 3.8) is 0 Å². The maximum Gasteiger partial charge on any atom is 0.312 e. The molecule has 0 unspecified atom stereocenters. The summed E-state index contributed by atoms with van der Waals surface area (Å²) < 4.78 is 43.8. The number of ether oxygens (including phenoxy) is 2. The summed E-state index contributed by atoms with van der Waals surface area (Å²) in [6.07, 6.45) is 0. The highest BCUT2D eigenvalue weighted by molar-refractivity contribution is 7.89. The lowest BCUT2D eigenvalue weighted by molar-refractivity contribution is -0.385. The Hall–Kier alpha value is -3.47. The van der Waals surface area contributed by atoms with E-state index in [1.165, 1.54) is 16.4 Å². The number of hydrogen-bond acceptors (Lipinski definition) is 7. The molecule has 0 saturated carbocycles. The van der Waals surface area contributed by atoms with Gasteiger partial charge in [0.1, 0.15) is 16.9 Å². The van der Waals surface area contributed by atoms with Gasteiger partial charge in [0, 0.05) is 29.9 Å². The van der Waals surface area contributed by atoms with Gasteiger partial charge in [0.2, 0.25) is 15.8 Å². The Bertz CT molecular complexity index is 1440. The first-order valence-electron chi connectivity index (χ1n) is 9.89. The SMILES string of the molecule is O=[N+]([O-])c1cc(S(=O)(=O)N2CCOCC2)ccc1Oc1ccc2oc3ccccc3c2c1. The molecule has 164 valence electrons. The largest absolute Gasteiger partial charge is 0.456 e. The molecule has 0 spiro atoms. The fraction of sp³-hybridized carbons (Fsp3) is 0.182. The number of furan rings is 1. The van der Waals surface area contributed by atoms with Crippen LogP contribution in [0.25, 0.3) is 21.9 Å². The summed E-state index contributed by atoms with van der Waals surface area (Å²) in [6.45, 7) is 0.974. The predicted octanol–water partition coefficient (Wildman–Crippen LogP) is 4.31. The van der Waals surface area contributed by atoms with Crippen molar-refractivity contribution in [3.8, 4) is 11.5 Å². The zero-order valence-electron chi connectivity index (χ0n) is 16.8. The molecule has 9 nitrogen and oxygen atoms in total.